The van der Waals surface area contributed by atoms with Crippen LogP contribution in [-0.2, 0) is 4.74 Å². The molecule has 1 saturated heterocycles. The molecular formula is C16H32N2O. The second-order valence-electron chi connectivity index (χ2n) is 6.35. The Labute approximate surface area is 118 Å². The van der Waals surface area contributed by atoms with Gasteiger partial charge in [0.1, 0.15) is 0 Å². The van der Waals surface area contributed by atoms with Crippen LogP contribution in [0.1, 0.15) is 64.7 Å². The lowest BCUT2D eigenvalue weighted by molar-refractivity contribution is 0.0513. The van der Waals surface area contributed by atoms with Gasteiger partial charge in [-0.3, -0.25) is 4.90 Å². The molecule has 1 saturated carbocycles. The topological polar surface area (TPSA) is 38.5 Å². The van der Waals surface area contributed by atoms with E-state index in [2.05, 4.69) is 11.8 Å². The van der Waals surface area contributed by atoms with E-state index in [1.165, 1.54) is 64.3 Å². The highest BCUT2D eigenvalue weighted by atomic mass is 16.5. The molecule has 2 rings (SSSR count). The van der Waals surface area contributed by atoms with Gasteiger partial charge in [0.05, 0.1) is 6.10 Å². The molecule has 0 amide bonds. The largest absolute Gasteiger partial charge is 0.378 e. The summed E-state index contributed by atoms with van der Waals surface area (Å²) in [7, 11) is 0. The Balaban J connectivity index is 1.79. The van der Waals surface area contributed by atoms with E-state index in [1.54, 1.807) is 0 Å². The molecule has 1 atom stereocenters. The summed E-state index contributed by atoms with van der Waals surface area (Å²) in [5.74, 6) is 0. The quantitative estimate of drug-likeness (QED) is 0.771. The van der Waals surface area contributed by atoms with E-state index in [9.17, 15) is 0 Å². The maximum atomic E-state index is 6.14. The smallest absolute Gasteiger partial charge is 0.0576 e. The van der Waals surface area contributed by atoms with Gasteiger partial charge >= 0.3 is 0 Å². The third kappa shape index (κ3) is 3.93. The van der Waals surface area contributed by atoms with E-state index < -0.39 is 0 Å². The maximum absolute atomic E-state index is 6.14. The second-order valence-corrected chi connectivity index (χ2v) is 6.35. The van der Waals surface area contributed by atoms with Crippen LogP contribution in [0.4, 0.5) is 0 Å². The Morgan fingerprint density at radius 3 is 2.58 bits per heavy atom. The number of hydrogen-bond acceptors (Lipinski definition) is 3. The van der Waals surface area contributed by atoms with Crippen LogP contribution < -0.4 is 5.73 Å². The first-order chi connectivity index (χ1) is 9.30. The third-order valence-corrected chi connectivity index (χ3v) is 5.19. The minimum absolute atomic E-state index is 0.309. The average molecular weight is 268 g/mol. The molecule has 1 heterocycles. The van der Waals surface area contributed by atoms with Crippen molar-refractivity contribution in [1.82, 2.24) is 4.90 Å². The van der Waals surface area contributed by atoms with Crippen molar-refractivity contribution >= 4 is 0 Å². The molecule has 1 aliphatic heterocycles. The van der Waals surface area contributed by atoms with Crippen LogP contribution in [0.25, 0.3) is 0 Å². The molecule has 0 spiro atoms. The highest BCUT2D eigenvalue weighted by Crippen LogP contribution is 2.33. The van der Waals surface area contributed by atoms with E-state index in [1.807, 2.05) is 0 Å². The molecule has 112 valence electrons. The molecule has 0 aromatic heterocycles. The van der Waals surface area contributed by atoms with E-state index in [-0.39, 0.29) is 0 Å². The second kappa shape index (κ2) is 7.61. The summed E-state index contributed by atoms with van der Waals surface area (Å²) >= 11 is 0. The van der Waals surface area contributed by atoms with E-state index >= 15 is 0 Å². The van der Waals surface area contributed by atoms with Crippen LogP contribution in [0.3, 0.4) is 0 Å². The zero-order valence-corrected chi connectivity index (χ0v) is 12.7. The van der Waals surface area contributed by atoms with Crippen molar-refractivity contribution in [2.75, 3.05) is 26.2 Å². The summed E-state index contributed by atoms with van der Waals surface area (Å²) in [5.41, 5.74) is 6.45. The Bertz CT molecular complexity index is 245. The number of ether oxygens (including phenoxy) is 1. The van der Waals surface area contributed by atoms with Crippen LogP contribution in [-0.4, -0.2) is 42.8 Å². The van der Waals surface area contributed by atoms with E-state index in [0.29, 0.717) is 11.6 Å². The summed E-state index contributed by atoms with van der Waals surface area (Å²) in [6.07, 6.45) is 12.3. The number of nitrogens with two attached hydrogens (primary N) is 1. The molecule has 2 fully saturated rings. The van der Waals surface area contributed by atoms with Gasteiger partial charge in [-0.1, -0.05) is 26.2 Å². The van der Waals surface area contributed by atoms with Crippen LogP contribution in [0.5, 0.6) is 0 Å². The lowest BCUT2D eigenvalue weighted by Gasteiger charge is -2.46. The third-order valence-electron chi connectivity index (χ3n) is 5.19. The van der Waals surface area contributed by atoms with Gasteiger partial charge < -0.3 is 10.5 Å². The minimum Gasteiger partial charge on any atom is -0.378 e. The zero-order valence-electron chi connectivity index (χ0n) is 12.7. The fraction of sp³-hybridized carbons (Fsp3) is 1.00. The molecule has 0 aromatic carbocycles. The molecule has 0 bridgehead atoms. The Kier molecular flexibility index (Phi) is 6.11. The lowest BCUT2D eigenvalue weighted by Crippen LogP contribution is -2.55. The molecule has 0 aromatic rings. The van der Waals surface area contributed by atoms with Crippen LogP contribution in [0.15, 0.2) is 0 Å². The molecule has 3 heteroatoms. The Morgan fingerprint density at radius 2 is 2.00 bits per heavy atom. The van der Waals surface area contributed by atoms with Crippen molar-refractivity contribution < 1.29 is 4.74 Å². The van der Waals surface area contributed by atoms with Crippen LogP contribution in [0.2, 0.25) is 0 Å². The summed E-state index contributed by atoms with van der Waals surface area (Å²) < 4.78 is 5.72. The number of rotatable bonds is 7. The monoisotopic (exact) mass is 268 g/mol. The predicted molar refractivity (Wildman–Crippen MR) is 80.3 cm³/mol. The van der Waals surface area contributed by atoms with Crippen molar-refractivity contribution in [2.24, 2.45) is 5.73 Å². The van der Waals surface area contributed by atoms with Crippen molar-refractivity contribution in [3.8, 4) is 0 Å². The lowest BCUT2D eigenvalue weighted by atomic mass is 9.80. The summed E-state index contributed by atoms with van der Waals surface area (Å²) in [6, 6.07) is 0. The zero-order chi connectivity index (χ0) is 13.6. The highest BCUT2D eigenvalue weighted by molar-refractivity contribution is 4.93. The molecule has 2 N–H and O–H groups in total. The van der Waals surface area contributed by atoms with Crippen LogP contribution in [0, 0.1) is 0 Å². The normalized spacial score (nSPS) is 27.0. The molecule has 3 nitrogen and oxygen atoms in total. The summed E-state index contributed by atoms with van der Waals surface area (Å²) in [6.45, 7) is 6.45. The van der Waals surface area contributed by atoms with Crippen LogP contribution >= 0.6 is 0 Å². The first-order valence-corrected chi connectivity index (χ1v) is 8.37. The van der Waals surface area contributed by atoms with Gasteiger partial charge in [0.25, 0.3) is 0 Å². The van der Waals surface area contributed by atoms with Gasteiger partial charge in [0.2, 0.25) is 0 Å². The number of nitrogens with zero attached hydrogens (tertiary/aromatic N) is 1. The van der Waals surface area contributed by atoms with Gasteiger partial charge in [0.15, 0.2) is 0 Å². The summed E-state index contributed by atoms with van der Waals surface area (Å²) in [5, 5.41) is 0. The van der Waals surface area contributed by atoms with Gasteiger partial charge in [-0.15, -0.1) is 0 Å². The number of hydrogen-bond donors (Lipinski definition) is 1. The van der Waals surface area contributed by atoms with Gasteiger partial charge in [0, 0.05) is 18.7 Å². The van der Waals surface area contributed by atoms with Crippen molar-refractivity contribution in [3.63, 3.8) is 0 Å². The van der Waals surface area contributed by atoms with Crippen molar-refractivity contribution in [1.29, 1.82) is 0 Å². The molecule has 1 aliphatic carbocycles. The Morgan fingerprint density at radius 1 is 1.21 bits per heavy atom. The molecule has 1 unspecified atom stereocenters. The molecular weight excluding hydrogens is 236 g/mol. The molecule has 2 aliphatic rings. The van der Waals surface area contributed by atoms with Gasteiger partial charge in [-0.05, 0) is 51.6 Å². The highest BCUT2D eigenvalue weighted by Gasteiger charge is 2.35. The number of likely N-dealkylation sites (N-methyl/N-ethyl adjacent to an activating group) is 1. The first-order valence-electron chi connectivity index (χ1n) is 8.37. The standard InChI is InChI=1S/C16H32N2O/c1-2-18(12-6-8-15-9-7-13-19-15)16(14-17)10-4-3-5-11-16/h15H,2-14,17H2,1H3. The Hall–Kier alpha value is -0.120. The van der Waals surface area contributed by atoms with E-state index in [4.69, 9.17) is 10.5 Å². The van der Waals surface area contributed by atoms with Gasteiger partial charge in [-0.2, -0.15) is 0 Å². The molecule has 19 heavy (non-hydrogen) atoms. The average Bonchev–Trinajstić information content (AvgIpc) is 2.97. The maximum Gasteiger partial charge on any atom is 0.0576 e. The minimum atomic E-state index is 0.309. The fourth-order valence-electron chi connectivity index (χ4n) is 3.97. The predicted octanol–water partition coefficient (Wildman–Crippen LogP) is 2.93. The van der Waals surface area contributed by atoms with Crippen molar-refractivity contribution in [2.45, 2.75) is 76.4 Å². The van der Waals surface area contributed by atoms with Gasteiger partial charge in [-0.25, -0.2) is 0 Å². The van der Waals surface area contributed by atoms with Crippen molar-refractivity contribution in [3.05, 3.63) is 0 Å². The SMILES string of the molecule is CCN(CCCC1CCCO1)C1(CN)CCCCC1. The molecule has 0 radical (unpaired) electrons. The first kappa shape index (κ1) is 15.3. The fourth-order valence-corrected chi connectivity index (χ4v) is 3.97. The van der Waals surface area contributed by atoms with E-state index in [0.717, 1.165) is 19.7 Å². The summed E-state index contributed by atoms with van der Waals surface area (Å²) in [4.78, 5) is 2.67.